The summed E-state index contributed by atoms with van der Waals surface area (Å²) in [5.74, 6) is 14.3. The maximum atomic E-state index is 13.7. The Labute approximate surface area is 307 Å². The second-order valence-corrected chi connectivity index (χ2v) is 19.2. The minimum atomic E-state index is -2.43. The fourth-order valence-electron chi connectivity index (χ4n) is 6.37. The maximum absolute atomic E-state index is 13.7. The van der Waals surface area contributed by atoms with E-state index in [4.69, 9.17) is 37.6 Å². The Morgan fingerprint density at radius 2 is 1.77 bits per heavy atom. The molecule has 0 spiro atoms. The molecule has 2 aliphatic heterocycles. The van der Waals surface area contributed by atoms with Crippen molar-refractivity contribution in [3.8, 4) is 40.9 Å². The SMILES string of the molecule is COCO[C@@H]1CC=C2C#C/C3=C\C#C[C@@H](Oc4cccc5ccccc45)C21Oc1ccc(c(OC)c1)[C@@H](OC)C(=O)OC[C@@H]3O[Si](C)(C)C(C)(C)C. The summed E-state index contributed by atoms with van der Waals surface area (Å²) in [6, 6.07) is 19.1. The topological polar surface area (TPSA) is 90.9 Å². The van der Waals surface area contributed by atoms with Crippen LogP contribution in [0.3, 0.4) is 0 Å². The lowest BCUT2D eigenvalue weighted by atomic mass is 9.86. The molecule has 10 heteroatoms. The highest BCUT2D eigenvalue weighted by Crippen LogP contribution is 2.44. The van der Waals surface area contributed by atoms with Crippen molar-refractivity contribution in [1.82, 2.24) is 0 Å². The number of fused-ring (bicyclic) bond motifs is 7. The molecule has 3 aromatic rings. The molecule has 0 amide bonds. The molecule has 0 saturated carbocycles. The number of rotatable bonds is 9. The Balaban J connectivity index is 1.60. The van der Waals surface area contributed by atoms with Crippen molar-refractivity contribution in [3.05, 3.63) is 89.5 Å². The molecule has 52 heavy (non-hydrogen) atoms. The van der Waals surface area contributed by atoms with Crippen molar-refractivity contribution in [2.45, 2.75) is 75.3 Å². The molecule has 4 aliphatic rings. The third-order valence-corrected chi connectivity index (χ3v) is 14.7. The van der Waals surface area contributed by atoms with Crippen LogP contribution >= 0.6 is 0 Å². The molecule has 0 aromatic heterocycles. The highest BCUT2D eigenvalue weighted by molar-refractivity contribution is 6.74. The van der Waals surface area contributed by atoms with Crippen LogP contribution in [0.4, 0.5) is 0 Å². The van der Waals surface area contributed by atoms with Crippen LogP contribution < -0.4 is 14.2 Å². The van der Waals surface area contributed by atoms with Gasteiger partial charge in [-0.1, -0.05) is 81.0 Å². The summed E-state index contributed by atoms with van der Waals surface area (Å²) >= 11 is 0. The van der Waals surface area contributed by atoms with Crippen LogP contribution in [0.15, 0.2) is 84.0 Å². The van der Waals surface area contributed by atoms with Crippen molar-refractivity contribution < 1.29 is 42.4 Å². The van der Waals surface area contributed by atoms with Crippen molar-refractivity contribution in [2.24, 2.45) is 0 Å². The lowest BCUT2D eigenvalue weighted by Crippen LogP contribution is -2.58. The normalized spacial score (nSPS) is 25.3. The molecule has 0 fully saturated rings. The highest BCUT2D eigenvalue weighted by Gasteiger charge is 2.56. The van der Waals surface area contributed by atoms with E-state index in [1.54, 1.807) is 31.4 Å². The molecule has 5 atom stereocenters. The number of hydrogen-bond acceptors (Lipinski definition) is 9. The molecule has 4 bridgehead atoms. The van der Waals surface area contributed by atoms with Gasteiger partial charge < -0.3 is 37.6 Å². The van der Waals surface area contributed by atoms with Crippen molar-refractivity contribution in [3.63, 3.8) is 0 Å². The average Bonchev–Trinajstić information content (AvgIpc) is 3.48. The molecular weight excluding hydrogens is 677 g/mol. The molecule has 0 N–H and O–H groups in total. The van der Waals surface area contributed by atoms with Gasteiger partial charge in [0.2, 0.25) is 11.7 Å². The van der Waals surface area contributed by atoms with Gasteiger partial charge in [-0.2, -0.15) is 0 Å². The third kappa shape index (κ3) is 7.23. The van der Waals surface area contributed by atoms with Gasteiger partial charge in [0.05, 0.1) is 7.11 Å². The van der Waals surface area contributed by atoms with E-state index in [2.05, 4.69) is 57.5 Å². The standard InChI is InChI=1S/C42H46O9Si/c1-41(2,3)52(7,8)51-36-26-47-40(43)39(46-6)33-23-22-31(25-35(33)45-5)50-42-30(21-24-37(42)48-27-44-4)20-19-29(36)15-12-18-38(42)49-34-17-11-14-28-13-9-10-16-32(28)34/h9-11,13-17,21-23,25,36-39H,24,26-27H2,1-8H3/b29-15+/t36-,37+,38+,39+,42?/m0/s1. The summed E-state index contributed by atoms with van der Waals surface area (Å²) in [6.07, 6.45) is 0.843. The minimum absolute atomic E-state index is 0.00188. The molecular formula is C42H46O9Si. The van der Waals surface area contributed by atoms with E-state index < -0.39 is 44.3 Å². The van der Waals surface area contributed by atoms with Gasteiger partial charge in [-0.3, -0.25) is 0 Å². The Morgan fingerprint density at radius 1 is 0.981 bits per heavy atom. The second-order valence-electron chi connectivity index (χ2n) is 14.4. The second kappa shape index (κ2) is 15.2. The van der Waals surface area contributed by atoms with Crippen LogP contribution in [-0.4, -0.2) is 72.9 Å². The largest absolute Gasteiger partial charge is 0.496 e. The van der Waals surface area contributed by atoms with Crippen molar-refractivity contribution in [2.75, 3.05) is 34.7 Å². The average molecular weight is 723 g/mol. The highest BCUT2D eigenvalue weighted by atomic mass is 28.4. The van der Waals surface area contributed by atoms with Crippen LogP contribution in [0, 0.1) is 23.7 Å². The van der Waals surface area contributed by atoms with Gasteiger partial charge in [-0.25, -0.2) is 4.79 Å². The first-order valence-electron chi connectivity index (χ1n) is 17.3. The summed E-state index contributed by atoms with van der Waals surface area (Å²) < 4.78 is 50.3. The number of carbonyl (C=O) groups excluding carboxylic acids is 1. The summed E-state index contributed by atoms with van der Waals surface area (Å²) in [4.78, 5) is 13.7. The van der Waals surface area contributed by atoms with E-state index in [1.807, 2.05) is 48.5 Å². The Kier molecular flexibility index (Phi) is 10.9. The molecule has 0 radical (unpaired) electrons. The van der Waals surface area contributed by atoms with Crippen molar-refractivity contribution >= 4 is 25.1 Å². The molecule has 7 rings (SSSR count). The zero-order valence-electron chi connectivity index (χ0n) is 31.0. The van der Waals surface area contributed by atoms with Gasteiger partial charge in [0, 0.05) is 48.5 Å². The Hall–Kier alpha value is -4.55. The minimum Gasteiger partial charge on any atom is -0.496 e. The zero-order chi connectivity index (χ0) is 37.1. The number of allylic oxidation sites excluding steroid dienone is 1. The first kappa shape index (κ1) is 37.2. The summed E-state index contributed by atoms with van der Waals surface area (Å²) in [7, 11) is 2.12. The first-order chi connectivity index (χ1) is 24.9. The number of carbonyl (C=O) groups is 1. The summed E-state index contributed by atoms with van der Waals surface area (Å²) in [6.45, 7) is 10.7. The monoisotopic (exact) mass is 722 g/mol. The maximum Gasteiger partial charge on any atom is 0.340 e. The summed E-state index contributed by atoms with van der Waals surface area (Å²) in [5, 5.41) is 1.80. The van der Waals surface area contributed by atoms with Gasteiger partial charge in [0.25, 0.3) is 0 Å². The summed E-state index contributed by atoms with van der Waals surface area (Å²) in [5.41, 5.74) is 0.281. The number of hydrogen-bond donors (Lipinski definition) is 0. The van der Waals surface area contributed by atoms with E-state index in [-0.39, 0.29) is 18.4 Å². The van der Waals surface area contributed by atoms with Crippen molar-refractivity contribution in [1.29, 1.82) is 0 Å². The van der Waals surface area contributed by atoms with Gasteiger partial charge in [-0.15, -0.1) is 0 Å². The lowest BCUT2D eigenvalue weighted by Gasteiger charge is -2.40. The quantitative estimate of drug-likeness (QED) is 0.0976. The van der Waals surface area contributed by atoms with Crippen LogP contribution in [0.5, 0.6) is 17.2 Å². The predicted molar refractivity (Wildman–Crippen MR) is 201 cm³/mol. The molecule has 3 aromatic carbocycles. The fraction of sp³-hybridized carbons (Fsp3) is 0.405. The predicted octanol–water partition coefficient (Wildman–Crippen LogP) is 7.31. The smallest absolute Gasteiger partial charge is 0.340 e. The fourth-order valence-corrected chi connectivity index (χ4v) is 7.63. The number of esters is 1. The van der Waals surface area contributed by atoms with E-state index >= 15 is 0 Å². The molecule has 2 aliphatic carbocycles. The number of methoxy groups -OCH3 is 3. The van der Waals surface area contributed by atoms with E-state index in [1.165, 1.54) is 14.2 Å². The van der Waals surface area contributed by atoms with Crippen LogP contribution in [-0.2, 0) is 28.2 Å². The van der Waals surface area contributed by atoms with E-state index in [9.17, 15) is 4.79 Å². The number of benzene rings is 3. The van der Waals surface area contributed by atoms with Crippen LogP contribution in [0.2, 0.25) is 18.1 Å². The van der Waals surface area contributed by atoms with Gasteiger partial charge in [-0.05, 0) is 54.1 Å². The Morgan fingerprint density at radius 3 is 2.52 bits per heavy atom. The molecule has 1 unspecified atom stereocenters. The Bertz CT molecular complexity index is 2000. The van der Waals surface area contributed by atoms with E-state index in [0.29, 0.717) is 40.4 Å². The molecule has 272 valence electrons. The van der Waals surface area contributed by atoms with Gasteiger partial charge in [0.15, 0.2) is 14.4 Å². The molecule has 0 saturated heterocycles. The van der Waals surface area contributed by atoms with Crippen LogP contribution in [0.25, 0.3) is 10.8 Å². The van der Waals surface area contributed by atoms with Gasteiger partial charge in [0.1, 0.15) is 42.9 Å². The van der Waals surface area contributed by atoms with Gasteiger partial charge >= 0.3 is 5.97 Å². The van der Waals surface area contributed by atoms with E-state index in [0.717, 1.165) is 10.8 Å². The lowest BCUT2D eigenvalue weighted by molar-refractivity contribution is -0.158. The zero-order valence-corrected chi connectivity index (χ0v) is 32.0. The van der Waals surface area contributed by atoms with Crippen LogP contribution in [0.1, 0.15) is 38.9 Å². The first-order valence-corrected chi connectivity index (χ1v) is 20.3. The number of ether oxygens (including phenoxy) is 7. The third-order valence-electron chi connectivity index (χ3n) is 10.2. The molecule has 9 nitrogen and oxygen atoms in total. The molecule has 2 heterocycles.